The predicted molar refractivity (Wildman–Crippen MR) is 69.9 cm³/mol. The van der Waals surface area contributed by atoms with Crippen LogP contribution in [0.15, 0.2) is 18.2 Å². The zero-order valence-corrected chi connectivity index (χ0v) is 10.4. The first-order valence-electron chi connectivity index (χ1n) is 6.55. The highest BCUT2D eigenvalue weighted by atomic mass is 16.5. The fraction of sp³-hybridized carbons (Fsp3) is 0.571. The van der Waals surface area contributed by atoms with Crippen LogP contribution >= 0.6 is 0 Å². The van der Waals surface area contributed by atoms with Gasteiger partial charge in [0, 0.05) is 20.1 Å². The van der Waals surface area contributed by atoms with Crippen molar-refractivity contribution in [1.29, 1.82) is 0 Å². The Hall–Kier alpha value is -1.22. The Labute approximate surface area is 103 Å². The highest BCUT2D eigenvalue weighted by Gasteiger charge is 2.22. The molecule has 0 radical (unpaired) electrons. The van der Waals surface area contributed by atoms with Crippen LogP contribution in [0.25, 0.3) is 0 Å². The molecular weight excluding hydrogens is 212 g/mol. The SMILES string of the molecule is CN1CCc2cccc(OC3CCCNC3)c21. The number of hydrogen-bond donors (Lipinski definition) is 1. The molecule has 0 bridgehead atoms. The molecule has 2 heterocycles. The van der Waals surface area contributed by atoms with E-state index in [2.05, 4.69) is 35.5 Å². The highest BCUT2D eigenvalue weighted by molar-refractivity contribution is 5.66. The summed E-state index contributed by atoms with van der Waals surface area (Å²) in [5, 5.41) is 3.40. The summed E-state index contributed by atoms with van der Waals surface area (Å²) in [5.74, 6) is 1.07. The van der Waals surface area contributed by atoms with Crippen molar-refractivity contribution < 1.29 is 4.74 Å². The van der Waals surface area contributed by atoms with Gasteiger partial charge in [-0.3, -0.25) is 0 Å². The number of rotatable bonds is 2. The number of likely N-dealkylation sites (N-methyl/N-ethyl adjacent to an activating group) is 1. The Balaban J connectivity index is 1.81. The van der Waals surface area contributed by atoms with Crippen molar-refractivity contribution in [1.82, 2.24) is 5.32 Å². The second kappa shape index (κ2) is 4.57. The van der Waals surface area contributed by atoms with E-state index >= 15 is 0 Å². The van der Waals surface area contributed by atoms with Crippen molar-refractivity contribution in [3.63, 3.8) is 0 Å². The second-order valence-electron chi connectivity index (χ2n) is 5.02. The minimum atomic E-state index is 0.337. The van der Waals surface area contributed by atoms with Gasteiger partial charge in [0.1, 0.15) is 11.9 Å². The van der Waals surface area contributed by atoms with Gasteiger partial charge in [-0.2, -0.15) is 0 Å². The van der Waals surface area contributed by atoms with Crippen LogP contribution in [0.1, 0.15) is 18.4 Å². The molecule has 3 heteroatoms. The summed E-state index contributed by atoms with van der Waals surface area (Å²) in [7, 11) is 2.15. The van der Waals surface area contributed by atoms with Gasteiger partial charge < -0.3 is 15.0 Å². The molecule has 1 atom stereocenters. The maximum Gasteiger partial charge on any atom is 0.143 e. The molecule has 0 saturated carbocycles. The fourth-order valence-corrected chi connectivity index (χ4v) is 2.80. The first-order chi connectivity index (χ1) is 8.34. The molecule has 1 unspecified atom stereocenters. The van der Waals surface area contributed by atoms with Gasteiger partial charge in [-0.05, 0) is 37.4 Å². The molecule has 1 aromatic rings. The second-order valence-corrected chi connectivity index (χ2v) is 5.02. The predicted octanol–water partition coefficient (Wildman–Crippen LogP) is 1.81. The maximum atomic E-state index is 6.16. The van der Waals surface area contributed by atoms with Gasteiger partial charge in [0.15, 0.2) is 0 Å². The number of anilines is 1. The number of nitrogens with zero attached hydrogens (tertiary/aromatic N) is 1. The van der Waals surface area contributed by atoms with E-state index < -0.39 is 0 Å². The molecule has 2 aliphatic rings. The first kappa shape index (κ1) is 10.9. The monoisotopic (exact) mass is 232 g/mol. The van der Waals surface area contributed by atoms with Crippen molar-refractivity contribution >= 4 is 5.69 Å². The van der Waals surface area contributed by atoms with Gasteiger partial charge in [-0.1, -0.05) is 12.1 Å². The summed E-state index contributed by atoms with van der Waals surface area (Å²) >= 11 is 0. The molecule has 0 aromatic heterocycles. The van der Waals surface area contributed by atoms with Crippen molar-refractivity contribution in [3.05, 3.63) is 23.8 Å². The molecule has 3 rings (SSSR count). The molecule has 0 aliphatic carbocycles. The van der Waals surface area contributed by atoms with E-state index in [-0.39, 0.29) is 0 Å². The summed E-state index contributed by atoms with van der Waals surface area (Å²) in [4.78, 5) is 2.31. The third-order valence-corrected chi connectivity index (χ3v) is 3.73. The summed E-state index contributed by atoms with van der Waals surface area (Å²) < 4.78 is 6.16. The molecule has 1 N–H and O–H groups in total. The van der Waals surface area contributed by atoms with Crippen LogP contribution in [0.3, 0.4) is 0 Å². The van der Waals surface area contributed by atoms with Gasteiger partial charge in [0.25, 0.3) is 0 Å². The van der Waals surface area contributed by atoms with E-state index in [1.807, 2.05) is 0 Å². The van der Waals surface area contributed by atoms with Crippen molar-refractivity contribution in [3.8, 4) is 5.75 Å². The molecule has 1 aromatic carbocycles. The molecule has 17 heavy (non-hydrogen) atoms. The van der Waals surface area contributed by atoms with Gasteiger partial charge in [0.05, 0.1) is 5.69 Å². The van der Waals surface area contributed by atoms with Crippen LogP contribution in [-0.2, 0) is 6.42 Å². The molecule has 1 saturated heterocycles. The standard InChI is InChI=1S/C14H20N2O/c1-16-9-7-11-4-2-6-13(14(11)16)17-12-5-3-8-15-10-12/h2,4,6,12,15H,3,5,7-10H2,1H3. The van der Waals surface area contributed by atoms with Crippen molar-refractivity contribution in [2.24, 2.45) is 0 Å². The quantitative estimate of drug-likeness (QED) is 0.841. The minimum absolute atomic E-state index is 0.337. The van der Waals surface area contributed by atoms with Crippen LogP contribution in [0.5, 0.6) is 5.75 Å². The smallest absolute Gasteiger partial charge is 0.143 e. The number of hydrogen-bond acceptors (Lipinski definition) is 3. The van der Waals surface area contributed by atoms with Gasteiger partial charge >= 0.3 is 0 Å². The molecule has 3 nitrogen and oxygen atoms in total. The number of para-hydroxylation sites is 1. The van der Waals surface area contributed by atoms with E-state index in [0.29, 0.717) is 6.10 Å². The molecule has 0 spiro atoms. The van der Waals surface area contributed by atoms with E-state index in [0.717, 1.165) is 31.8 Å². The van der Waals surface area contributed by atoms with Gasteiger partial charge in [-0.25, -0.2) is 0 Å². The minimum Gasteiger partial charge on any atom is -0.487 e. The van der Waals surface area contributed by atoms with Crippen LogP contribution in [0, 0.1) is 0 Å². The number of piperidine rings is 1. The number of ether oxygens (including phenoxy) is 1. The Morgan fingerprint density at radius 3 is 3.18 bits per heavy atom. The zero-order chi connectivity index (χ0) is 11.7. The zero-order valence-electron chi connectivity index (χ0n) is 10.4. The Bertz CT molecular complexity index is 399. The van der Waals surface area contributed by atoms with Crippen LogP contribution in [0.2, 0.25) is 0 Å². The average molecular weight is 232 g/mol. The lowest BCUT2D eigenvalue weighted by Crippen LogP contribution is -2.37. The Kier molecular flexibility index (Phi) is 2.93. The van der Waals surface area contributed by atoms with E-state index in [1.54, 1.807) is 0 Å². The van der Waals surface area contributed by atoms with Gasteiger partial charge in [0.2, 0.25) is 0 Å². The highest BCUT2D eigenvalue weighted by Crippen LogP contribution is 2.36. The Morgan fingerprint density at radius 2 is 2.35 bits per heavy atom. The van der Waals surface area contributed by atoms with Crippen molar-refractivity contribution in [2.45, 2.75) is 25.4 Å². The molecular formula is C14H20N2O. The lowest BCUT2D eigenvalue weighted by Gasteiger charge is -2.26. The third-order valence-electron chi connectivity index (χ3n) is 3.73. The Morgan fingerprint density at radius 1 is 1.41 bits per heavy atom. The summed E-state index contributed by atoms with van der Waals surface area (Å²) in [6, 6.07) is 6.43. The molecule has 0 amide bonds. The first-order valence-corrected chi connectivity index (χ1v) is 6.55. The van der Waals surface area contributed by atoms with Crippen LogP contribution in [-0.4, -0.2) is 32.8 Å². The molecule has 1 fully saturated rings. The van der Waals surface area contributed by atoms with Crippen LogP contribution in [0.4, 0.5) is 5.69 Å². The maximum absolute atomic E-state index is 6.16. The summed E-state index contributed by atoms with van der Waals surface area (Å²) in [6.45, 7) is 3.22. The lowest BCUT2D eigenvalue weighted by molar-refractivity contribution is 0.168. The molecule has 92 valence electrons. The third kappa shape index (κ3) is 2.12. The van der Waals surface area contributed by atoms with E-state index in [9.17, 15) is 0 Å². The summed E-state index contributed by atoms with van der Waals surface area (Å²) in [5.41, 5.74) is 2.73. The normalized spacial score (nSPS) is 23.6. The molecule has 2 aliphatic heterocycles. The number of nitrogens with one attached hydrogen (secondary N) is 1. The number of fused-ring (bicyclic) bond motifs is 1. The van der Waals surface area contributed by atoms with E-state index in [4.69, 9.17) is 4.74 Å². The largest absolute Gasteiger partial charge is 0.487 e. The number of benzene rings is 1. The average Bonchev–Trinajstić information content (AvgIpc) is 2.74. The topological polar surface area (TPSA) is 24.5 Å². The fourth-order valence-electron chi connectivity index (χ4n) is 2.80. The van der Waals surface area contributed by atoms with Gasteiger partial charge in [-0.15, -0.1) is 0 Å². The van der Waals surface area contributed by atoms with Crippen LogP contribution < -0.4 is 15.0 Å². The summed E-state index contributed by atoms with van der Waals surface area (Å²) in [6.07, 6.45) is 3.87. The lowest BCUT2D eigenvalue weighted by atomic mass is 10.1. The van der Waals surface area contributed by atoms with E-state index in [1.165, 1.54) is 24.1 Å². The van der Waals surface area contributed by atoms with Crippen molar-refractivity contribution in [2.75, 3.05) is 31.6 Å².